The third kappa shape index (κ3) is 3.40. The van der Waals surface area contributed by atoms with Gasteiger partial charge in [-0.25, -0.2) is 0 Å². The van der Waals surface area contributed by atoms with Gasteiger partial charge in [-0.15, -0.1) is 0 Å². The average Bonchev–Trinajstić information content (AvgIpc) is 2.54. The number of nitrogens with zero attached hydrogens (tertiary/aromatic N) is 1. The number of rotatable bonds is 3. The van der Waals surface area contributed by atoms with Crippen LogP contribution < -0.4 is 5.32 Å². The van der Waals surface area contributed by atoms with Gasteiger partial charge in [0.25, 0.3) is 0 Å². The molecule has 0 aromatic heterocycles. The van der Waals surface area contributed by atoms with Crippen molar-refractivity contribution in [3.05, 3.63) is 48.0 Å². The number of benzene rings is 2. The summed E-state index contributed by atoms with van der Waals surface area (Å²) in [5, 5.41) is 5.71. The highest BCUT2D eigenvalue weighted by Gasteiger charge is 2.30. The summed E-state index contributed by atoms with van der Waals surface area (Å²) in [6.07, 6.45) is 2.09. The van der Waals surface area contributed by atoms with E-state index in [1.165, 1.54) is 16.3 Å². The molecule has 3 nitrogen and oxygen atoms in total. The maximum Gasteiger partial charge on any atom is 0.225 e. The van der Waals surface area contributed by atoms with Gasteiger partial charge in [-0.05, 0) is 56.6 Å². The predicted octanol–water partition coefficient (Wildman–Crippen LogP) is 3.53. The minimum Gasteiger partial charge on any atom is -0.347 e. The second-order valence-corrected chi connectivity index (χ2v) is 7.24. The molecule has 2 aromatic carbocycles. The van der Waals surface area contributed by atoms with Gasteiger partial charge in [0.2, 0.25) is 5.91 Å². The molecule has 3 heteroatoms. The van der Waals surface area contributed by atoms with Crippen LogP contribution in [0.4, 0.5) is 0 Å². The second kappa shape index (κ2) is 6.32. The Kier molecular flexibility index (Phi) is 4.40. The topological polar surface area (TPSA) is 32.3 Å². The minimum atomic E-state index is -0.381. The Labute approximate surface area is 138 Å². The molecule has 1 fully saturated rings. The van der Waals surface area contributed by atoms with E-state index >= 15 is 0 Å². The fourth-order valence-electron chi connectivity index (χ4n) is 3.63. The van der Waals surface area contributed by atoms with Crippen molar-refractivity contribution in [3.63, 3.8) is 0 Å². The van der Waals surface area contributed by atoms with Gasteiger partial charge in [0.15, 0.2) is 0 Å². The van der Waals surface area contributed by atoms with E-state index in [1.807, 2.05) is 0 Å². The fourth-order valence-corrected chi connectivity index (χ4v) is 3.63. The van der Waals surface area contributed by atoms with E-state index in [4.69, 9.17) is 0 Å². The van der Waals surface area contributed by atoms with Crippen LogP contribution in [0, 0.1) is 5.92 Å². The van der Waals surface area contributed by atoms with Crippen molar-refractivity contribution in [1.82, 2.24) is 10.2 Å². The van der Waals surface area contributed by atoms with Crippen molar-refractivity contribution >= 4 is 16.7 Å². The molecule has 0 unspecified atom stereocenters. The third-order valence-corrected chi connectivity index (χ3v) is 4.89. The van der Waals surface area contributed by atoms with Gasteiger partial charge in [-0.2, -0.15) is 0 Å². The van der Waals surface area contributed by atoms with Crippen LogP contribution in [0.25, 0.3) is 10.8 Å². The number of nitrogens with one attached hydrogen (secondary N) is 1. The number of amides is 1. The van der Waals surface area contributed by atoms with Crippen molar-refractivity contribution in [2.45, 2.75) is 32.2 Å². The molecule has 0 spiro atoms. The molecule has 0 aliphatic carbocycles. The molecule has 1 aliphatic heterocycles. The van der Waals surface area contributed by atoms with E-state index in [-0.39, 0.29) is 17.4 Å². The molecule has 1 saturated heterocycles. The lowest BCUT2D eigenvalue weighted by Crippen LogP contribution is -2.48. The molecule has 1 N–H and O–H groups in total. The predicted molar refractivity (Wildman–Crippen MR) is 95.3 cm³/mol. The van der Waals surface area contributed by atoms with Crippen LogP contribution in [0.3, 0.4) is 0 Å². The van der Waals surface area contributed by atoms with Crippen molar-refractivity contribution in [1.29, 1.82) is 0 Å². The zero-order chi connectivity index (χ0) is 16.4. The summed E-state index contributed by atoms with van der Waals surface area (Å²) < 4.78 is 0. The molecule has 2 aromatic rings. The molecule has 0 bridgehead atoms. The molecule has 1 aliphatic rings. The summed E-state index contributed by atoms with van der Waals surface area (Å²) in [5.41, 5.74) is 0.793. The van der Waals surface area contributed by atoms with E-state index in [9.17, 15) is 4.79 Å². The summed E-state index contributed by atoms with van der Waals surface area (Å²) in [5.74, 6) is 0.275. The van der Waals surface area contributed by atoms with Crippen LogP contribution in [0.15, 0.2) is 42.5 Å². The molecule has 1 heterocycles. The lowest BCUT2D eigenvalue weighted by Gasteiger charge is -2.33. The Hall–Kier alpha value is -1.87. The van der Waals surface area contributed by atoms with E-state index in [0.29, 0.717) is 0 Å². The minimum absolute atomic E-state index is 0.100. The van der Waals surface area contributed by atoms with Crippen molar-refractivity contribution in [2.75, 3.05) is 20.1 Å². The highest BCUT2D eigenvalue weighted by atomic mass is 16.2. The Morgan fingerprint density at radius 1 is 1.17 bits per heavy atom. The number of carbonyl (C=O) groups excluding carboxylic acids is 1. The summed E-state index contributed by atoms with van der Waals surface area (Å²) in [4.78, 5) is 15.0. The average molecular weight is 310 g/mol. The normalized spacial score (nSPS) is 19.7. The monoisotopic (exact) mass is 310 g/mol. The van der Waals surface area contributed by atoms with Gasteiger partial charge in [0, 0.05) is 6.54 Å². The Morgan fingerprint density at radius 3 is 2.70 bits per heavy atom. The first kappa shape index (κ1) is 16.0. The Morgan fingerprint density at radius 2 is 1.91 bits per heavy atom. The molecule has 23 heavy (non-hydrogen) atoms. The number of fused-ring (bicyclic) bond motifs is 1. The Balaban J connectivity index is 1.84. The molecule has 0 saturated carbocycles. The first-order valence-corrected chi connectivity index (χ1v) is 8.46. The van der Waals surface area contributed by atoms with Crippen molar-refractivity contribution in [2.24, 2.45) is 5.92 Å². The van der Waals surface area contributed by atoms with E-state index in [0.717, 1.165) is 25.9 Å². The summed E-state index contributed by atoms with van der Waals surface area (Å²) in [7, 11) is 2.09. The number of hydrogen-bond donors (Lipinski definition) is 1. The molecular weight excluding hydrogens is 284 g/mol. The lowest BCUT2D eigenvalue weighted by molar-refractivity contribution is -0.128. The molecular formula is C20H26N2O. The van der Waals surface area contributed by atoms with Crippen LogP contribution in [-0.2, 0) is 10.3 Å². The Bertz CT molecular complexity index is 702. The molecule has 0 radical (unpaired) electrons. The largest absolute Gasteiger partial charge is 0.347 e. The SMILES string of the molecule is CN1CCC[C@H](C(=O)NC(C)(C)c2cccc3ccccc23)C1. The summed E-state index contributed by atoms with van der Waals surface area (Å²) >= 11 is 0. The zero-order valence-electron chi connectivity index (χ0n) is 14.3. The van der Waals surface area contributed by atoms with Crippen molar-refractivity contribution < 1.29 is 4.79 Å². The summed E-state index contributed by atoms with van der Waals surface area (Å²) in [6.45, 7) is 6.15. The molecule has 1 atom stereocenters. The maximum absolute atomic E-state index is 12.7. The zero-order valence-corrected chi connectivity index (χ0v) is 14.3. The van der Waals surface area contributed by atoms with Gasteiger partial charge in [0.05, 0.1) is 11.5 Å². The van der Waals surface area contributed by atoms with Crippen LogP contribution in [0.5, 0.6) is 0 Å². The van der Waals surface area contributed by atoms with E-state index in [1.54, 1.807) is 0 Å². The number of piperidine rings is 1. The first-order valence-electron chi connectivity index (χ1n) is 8.46. The fraction of sp³-hybridized carbons (Fsp3) is 0.450. The number of likely N-dealkylation sites (tertiary alicyclic amines) is 1. The van der Waals surface area contributed by atoms with Crippen molar-refractivity contribution in [3.8, 4) is 0 Å². The molecule has 1 amide bonds. The number of hydrogen-bond acceptors (Lipinski definition) is 2. The number of carbonyl (C=O) groups is 1. The van der Waals surface area contributed by atoms with Crippen LogP contribution in [0.1, 0.15) is 32.3 Å². The van der Waals surface area contributed by atoms with E-state index < -0.39 is 0 Å². The highest BCUT2D eigenvalue weighted by Crippen LogP contribution is 2.29. The quantitative estimate of drug-likeness (QED) is 0.940. The first-order chi connectivity index (χ1) is 11.0. The van der Waals surface area contributed by atoms with Gasteiger partial charge in [0.1, 0.15) is 0 Å². The van der Waals surface area contributed by atoms with Crippen LogP contribution >= 0.6 is 0 Å². The van der Waals surface area contributed by atoms with Crippen LogP contribution in [0.2, 0.25) is 0 Å². The van der Waals surface area contributed by atoms with Crippen LogP contribution in [-0.4, -0.2) is 30.9 Å². The smallest absolute Gasteiger partial charge is 0.225 e. The lowest BCUT2D eigenvalue weighted by atomic mass is 9.88. The highest BCUT2D eigenvalue weighted by molar-refractivity contribution is 5.87. The van der Waals surface area contributed by atoms with E-state index in [2.05, 4.69) is 73.6 Å². The van der Waals surface area contributed by atoms with Gasteiger partial charge < -0.3 is 10.2 Å². The molecule has 122 valence electrons. The maximum atomic E-state index is 12.7. The molecule has 3 rings (SSSR count). The standard InChI is InChI=1S/C20H26N2O/c1-20(2,21-19(23)16-10-7-13-22(3)14-16)18-12-6-9-15-8-4-5-11-17(15)18/h4-6,8-9,11-12,16H,7,10,13-14H2,1-3H3,(H,21,23)/t16-/m0/s1. The second-order valence-electron chi connectivity index (χ2n) is 7.24. The van der Waals surface area contributed by atoms with Gasteiger partial charge >= 0.3 is 0 Å². The van der Waals surface area contributed by atoms with Gasteiger partial charge in [-0.3, -0.25) is 4.79 Å². The summed E-state index contributed by atoms with van der Waals surface area (Å²) in [6, 6.07) is 14.7. The van der Waals surface area contributed by atoms with Gasteiger partial charge in [-0.1, -0.05) is 42.5 Å². The third-order valence-electron chi connectivity index (χ3n) is 4.89.